The van der Waals surface area contributed by atoms with E-state index in [0.29, 0.717) is 6.61 Å². The molecule has 1 aliphatic rings. The molecular weight excluding hydrogens is 326 g/mol. The summed E-state index contributed by atoms with van der Waals surface area (Å²) in [5.41, 5.74) is 2.89. The first-order chi connectivity index (χ1) is 12.6. The van der Waals surface area contributed by atoms with Crippen molar-refractivity contribution in [1.29, 1.82) is 0 Å². The monoisotopic (exact) mass is 353 g/mol. The van der Waals surface area contributed by atoms with Gasteiger partial charge in [0.2, 0.25) is 0 Å². The number of carbonyl (C=O) groups is 1. The van der Waals surface area contributed by atoms with Gasteiger partial charge < -0.3 is 14.4 Å². The van der Waals surface area contributed by atoms with Crippen LogP contribution in [0.3, 0.4) is 0 Å². The average Bonchev–Trinajstić information content (AvgIpc) is 3.11. The topological polar surface area (TPSA) is 38.8 Å². The summed E-state index contributed by atoms with van der Waals surface area (Å²) in [7, 11) is 1.69. The highest BCUT2D eigenvalue weighted by molar-refractivity contribution is 5.95. The van der Waals surface area contributed by atoms with Crippen LogP contribution >= 0.6 is 0 Å². The smallest absolute Gasteiger partial charge is 0.254 e. The number of methoxy groups -OCH3 is 1. The summed E-state index contributed by atoms with van der Waals surface area (Å²) in [6.07, 6.45) is 2.90. The van der Waals surface area contributed by atoms with Crippen molar-refractivity contribution in [2.24, 2.45) is 0 Å². The molecule has 0 radical (unpaired) electrons. The second-order valence-corrected chi connectivity index (χ2v) is 6.72. The minimum atomic E-state index is 0.105. The molecule has 2 aromatic carbocycles. The van der Waals surface area contributed by atoms with Gasteiger partial charge in [-0.2, -0.15) is 0 Å². The second kappa shape index (κ2) is 8.26. The molecule has 26 heavy (non-hydrogen) atoms. The molecule has 1 unspecified atom stereocenters. The van der Waals surface area contributed by atoms with Crippen LogP contribution in [-0.4, -0.2) is 37.1 Å². The third-order valence-electron chi connectivity index (χ3n) is 5.01. The van der Waals surface area contributed by atoms with Gasteiger partial charge in [0.15, 0.2) is 0 Å². The number of nitrogens with zero attached hydrogens (tertiary/aromatic N) is 1. The lowest BCUT2D eigenvalue weighted by Gasteiger charge is -2.26. The molecule has 1 fully saturated rings. The van der Waals surface area contributed by atoms with E-state index in [1.54, 1.807) is 7.11 Å². The third-order valence-corrected chi connectivity index (χ3v) is 5.01. The Labute approximate surface area is 155 Å². The largest absolute Gasteiger partial charge is 0.496 e. The normalized spacial score (nSPS) is 16.6. The number of hydrogen-bond donors (Lipinski definition) is 0. The molecule has 138 valence electrons. The average molecular weight is 353 g/mol. The lowest BCUT2D eigenvalue weighted by Crippen LogP contribution is -2.36. The molecule has 3 rings (SSSR count). The lowest BCUT2D eigenvalue weighted by atomic mass is 10.0. The van der Waals surface area contributed by atoms with Crippen LogP contribution < -0.4 is 9.47 Å². The van der Waals surface area contributed by atoms with Gasteiger partial charge >= 0.3 is 0 Å². The van der Waals surface area contributed by atoms with Gasteiger partial charge in [0.25, 0.3) is 5.91 Å². The molecule has 0 N–H and O–H groups in total. The van der Waals surface area contributed by atoms with E-state index in [2.05, 4.69) is 6.07 Å². The number of aryl methyl sites for hydroxylation is 1. The summed E-state index contributed by atoms with van der Waals surface area (Å²) < 4.78 is 11.1. The molecule has 0 spiro atoms. The van der Waals surface area contributed by atoms with E-state index in [4.69, 9.17) is 9.47 Å². The number of carbonyl (C=O) groups excluding carboxylic acids is 1. The number of likely N-dealkylation sites (tertiary alicyclic amines) is 1. The van der Waals surface area contributed by atoms with E-state index >= 15 is 0 Å². The first-order valence-corrected chi connectivity index (χ1v) is 9.30. The second-order valence-electron chi connectivity index (χ2n) is 6.72. The SMILES string of the molecule is CCOc1ccc(C(=O)N2CCCC2Cc2ccccc2OC)cc1C. The van der Waals surface area contributed by atoms with E-state index in [0.717, 1.165) is 54.0 Å². The van der Waals surface area contributed by atoms with E-state index in [1.165, 1.54) is 0 Å². The maximum absolute atomic E-state index is 13.1. The van der Waals surface area contributed by atoms with Gasteiger partial charge in [-0.3, -0.25) is 4.79 Å². The number of para-hydroxylation sites is 1. The van der Waals surface area contributed by atoms with Crippen molar-refractivity contribution in [3.63, 3.8) is 0 Å². The molecule has 0 saturated carbocycles. The third kappa shape index (κ3) is 3.85. The maximum atomic E-state index is 13.1. The zero-order valence-corrected chi connectivity index (χ0v) is 15.8. The van der Waals surface area contributed by atoms with Gasteiger partial charge in [-0.05, 0) is 68.5 Å². The van der Waals surface area contributed by atoms with E-state index < -0.39 is 0 Å². The van der Waals surface area contributed by atoms with Crippen molar-refractivity contribution in [1.82, 2.24) is 4.90 Å². The highest BCUT2D eigenvalue weighted by atomic mass is 16.5. The highest BCUT2D eigenvalue weighted by Crippen LogP contribution is 2.28. The Morgan fingerprint density at radius 1 is 1.19 bits per heavy atom. The fourth-order valence-electron chi connectivity index (χ4n) is 3.71. The quantitative estimate of drug-likeness (QED) is 0.779. The Morgan fingerprint density at radius 3 is 2.73 bits per heavy atom. The maximum Gasteiger partial charge on any atom is 0.254 e. The van der Waals surface area contributed by atoms with E-state index in [-0.39, 0.29) is 11.9 Å². The van der Waals surface area contributed by atoms with Gasteiger partial charge in [0.05, 0.1) is 13.7 Å². The molecule has 4 nitrogen and oxygen atoms in total. The van der Waals surface area contributed by atoms with Gasteiger partial charge in [-0.1, -0.05) is 18.2 Å². The summed E-state index contributed by atoms with van der Waals surface area (Å²) in [6.45, 7) is 5.38. The summed E-state index contributed by atoms with van der Waals surface area (Å²) >= 11 is 0. The number of amides is 1. The Morgan fingerprint density at radius 2 is 2.00 bits per heavy atom. The highest BCUT2D eigenvalue weighted by Gasteiger charge is 2.30. The van der Waals surface area contributed by atoms with Crippen LogP contribution in [0.4, 0.5) is 0 Å². The van der Waals surface area contributed by atoms with Crippen molar-refractivity contribution in [2.45, 2.75) is 39.2 Å². The number of rotatable bonds is 6. The molecular formula is C22H27NO3. The minimum absolute atomic E-state index is 0.105. The molecule has 1 heterocycles. The molecule has 1 saturated heterocycles. The van der Waals surface area contributed by atoms with Crippen LogP contribution in [-0.2, 0) is 6.42 Å². The Balaban J connectivity index is 1.77. The standard InChI is InChI=1S/C22H27NO3/c1-4-26-20-12-11-18(14-16(20)2)22(24)23-13-7-9-19(23)15-17-8-5-6-10-21(17)25-3/h5-6,8,10-12,14,19H,4,7,9,13,15H2,1-3H3. The summed E-state index contributed by atoms with van der Waals surface area (Å²) in [5.74, 6) is 1.84. The van der Waals surface area contributed by atoms with Crippen LogP contribution in [0.15, 0.2) is 42.5 Å². The van der Waals surface area contributed by atoms with Crippen LogP contribution in [0.2, 0.25) is 0 Å². The fraction of sp³-hybridized carbons (Fsp3) is 0.409. The predicted octanol–water partition coefficient (Wildman–Crippen LogP) is 4.25. The number of hydrogen-bond acceptors (Lipinski definition) is 3. The van der Waals surface area contributed by atoms with Crippen molar-refractivity contribution >= 4 is 5.91 Å². The molecule has 2 aromatic rings. The molecule has 1 amide bonds. The van der Waals surface area contributed by atoms with Gasteiger partial charge in [-0.15, -0.1) is 0 Å². The molecule has 0 aliphatic carbocycles. The van der Waals surface area contributed by atoms with Crippen molar-refractivity contribution in [2.75, 3.05) is 20.3 Å². The molecule has 0 bridgehead atoms. The van der Waals surface area contributed by atoms with Crippen LogP contribution in [0.5, 0.6) is 11.5 Å². The first-order valence-electron chi connectivity index (χ1n) is 9.30. The van der Waals surface area contributed by atoms with Crippen LogP contribution in [0.25, 0.3) is 0 Å². The summed E-state index contributed by atoms with van der Waals surface area (Å²) in [5, 5.41) is 0. The molecule has 4 heteroatoms. The summed E-state index contributed by atoms with van der Waals surface area (Å²) in [4.78, 5) is 15.1. The van der Waals surface area contributed by atoms with Crippen molar-refractivity contribution in [3.05, 3.63) is 59.2 Å². The Bertz CT molecular complexity index is 772. The molecule has 1 aliphatic heterocycles. The lowest BCUT2D eigenvalue weighted by molar-refractivity contribution is 0.0736. The van der Waals surface area contributed by atoms with Crippen LogP contribution in [0, 0.1) is 6.92 Å². The zero-order valence-electron chi connectivity index (χ0n) is 15.8. The zero-order chi connectivity index (χ0) is 18.5. The van der Waals surface area contributed by atoms with Gasteiger partial charge in [0.1, 0.15) is 11.5 Å². The molecule has 0 aromatic heterocycles. The van der Waals surface area contributed by atoms with Crippen molar-refractivity contribution in [3.8, 4) is 11.5 Å². The first kappa shape index (κ1) is 18.3. The predicted molar refractivity (Wildman–Crippen MR) is 103 cm³/mol. The molecule has 1 atom stereocenters. The van der Waals surface area contributed by atoms with Gasteiger partial charge in [0, 0.05) is 18.2 Å². The number of benzene rings is 2. The van der Waals surface area contributed by atoms with E-state index in [9.17, 15) is 4.79 Å². The Hall–Kier alpha value is -2.49. The summed E-state index contributed by atoms with van der Waals surface area (Å²) in [6, 6.07) is 14.0. The van der Waals surface area contributed by atoms with Crippen LogP contribution in [0.1, 0.15) is 41.3 Å². The minimum Gasteiger partial charge on any atom is -0.496 e. The number of ether oxygens (including phenoxy) is 2. The van der Waals surface area contributed by atoms with Gasteiger partial charge in [-0.25, -0.2) is 0 Å². The van der Waals surface area contributed by atoms with Crippen molar-refractivity contribution < 1.29 is 14.3 Å². The fourth-order valence-corrected chi connectivity index (χ4v) is 3.71. The Kier molecular flexibility index (Phi) is 5.82. The van der Waals surface area contributed by atoms with E-state index in [1.807, 2.05) is 55.1 Å².